The van der Waals surface area contributed by atoms with Gasteiger partial charge in [-0.1, -0.05) is 0 Å². The summed E-state index contributed by atoms with van der Waals surface area (Å²) in [6.07, 6.45) is 2.06. The summed E-state index contributed by atoms with van der Waals surface area (Å²) in [5.41, 5.74) is 0.465. The van der Waals surface area contributed by atoms with Crippen LogP contribution in [0, 0.1) is 5.92 Å². The largest absolute Gasteiger partial charge is 0.478 e. The third-order valence-electron chi connectivity index (χ3n) is 3.06. The molecule has 1 aromatic heterocycles. The molecule has 1 saturated heterocycles. The second-order valence-electron chi connectivity index (χ2n) is 4.28. The van der Waals surface area contributed by atoms with Gasteiger partial charge >= 0.3 is 0 Å². The normalized spacial score (nSPS) is 19.1. The van der Waals surface area contributed by atoms with E-state index in [0.29, 0.717) is 31.0 Å². The third-order valence-corrected chi connectivity index (χ3v) is 3.06. The average molecular weight is 248 g/mol. The first kappa shape index (κ1) is 12.5. The van der Waals surface area contributed by atoms with Crippen LogP contribution in [0.5, 0.6) is 5.88 Å². The standard InChI is InChI=1S/C13H16N2O3/c1-3-18-11-5-4-9(8-14-11)12(16)10-6-7-15(2)13(10)17/h4-5,8,10H,3,6-7H2,1-2H3. The van der Waals surface area contributed by atoms with Crippen molar-refractivity contribution in [2.75, 3.05) is 20.2 Å². The van der Waals surface area contributed by atoms with Crippen molar-refractivity contribution in [2.24, 2.45) is 5.92 Å². The van der Waals surface area contributed by atoms with Crippen molar-refractivity contribution in [3.05, 3.63) is 23.9 Å². The van der Waals surface area contributed by atoms with E-state index in [2.05, 4.69) is 4.98 Å². The summed E-state index contributed by atoms with van der Waals surface area (Å²) in [5.74, 6) is -0.313. The number of ketones is 1. The van der Waals surface area contributed by atoms with Gasteiger partial charge in [0.2, 0.25) is 11.8 Å². The van der Waals surface area contributed by atoms with Crippen molar-refractivity contribution in [3.8, 4) is 5.88 Å². The van der Waals surface area contributed by atoms with Crippen molar-refractivity contribution in [3.63, 3.8) is 0 Å². The molecule has 18 heavy (non-hydrogen) atoms. The maximum Gasteiger partial charge on any atom is 0.233 e. The minimum absolute atomic E-state index is 0.103. The van der Waals surface area contributed by atoms with Crippen molar-refractivity contribution >= 4 is 11.7 Å². The number of pyridine rings is 1. The van der Waals surface area contributed by atoms with Gasteiger partial charge in [-0.15, -0.1) is 0 Å². The minimum atomic E-state index is -0.547. The Morgan fingerprint density at radius 1 is 1.56 bits per heavy atom. The van der Waals surface area contributed by atoms with Crippen LogP contribution in [0.15, 0.2) is 18.3 Å². The highest BCUT2D eigenvalue weighted by molar-refractivity contribution is 6.10. The van der Waals surface area contributed by atoms with Gasteiger partial charge in [0.15, 0.2) is 5.78 Å². The molecule has 2 rings (SSSR count). The van der Waals surface area contributed by atoms with E-state index in [0.717, 1.165) is 0 Å². The number of hydrogen-bond donors (Lipinski definition) is 0. The molecule has 0 spiro atoms. The average Bonchev–Trinajstić information content (AvgIpc) is 2.71. The number of hydrogen-bond acceptors (Lipinski definition) is 4. The monoisotopic (exact) mass is 248 g/mol. The maximum atomic E-state index is 12.1. The SMILES string of the molecule is CCOc1ccc(C(=O)C2CCN(C)C2=O)cn1. The minimum Gasteiger partial charge on any atom is -0.478 e. The van der Waals surface area contributed by atoms with Crippen LogP contribution in [0.4, 0.5) is 0 Å². The molecule has 0 bridgehead atoms. The van der Waals surface area contributed by atoms with E-state index < -0.39 is 5.92 Å². The van der Waals surface area contributed by atoms with Gasteiger partial charge in [-0.05, 0) is 19.4 Å². The number of carbonyl (C=O) groups is 2. The summed E-state index contributed by atoms with van der Waals surface area (Å²) in [5, 5.41) is 0. The van der Waals surface area contributed by atoms with Gasteiger partial charge in [-0.3, -0.25) is 9.59 Å². The lowest BCUT2D eigenvalue weighted by molar-refractivity contribution is -0.128. The highest BCUT2D eigenvalue weighted by Gasteiger charge is 2.35. The topological polar surface area (TPSA) is 59.5 Å². The first-order valence-corrected chi connectivity index (χ1v) is 6.01. The molecule has 1 amide bonds. The fraction of sp³-hybridized carbons (Fsp3) is 0.462. The van der Waals surface area contributed by atoms with Crippen LogP contribution in [0.3, 0.4) is 0 Å². The molecular weight excluding hydrogens is 232 g/mol. The number of carbonyl (C=O) groups excluding carboxylic acids is 2. The Labute approximate surface area is 106 Å². The Hall–Kier alpha value is -1.91. The number of likely N-dealkylation sites (tertiary alicyclic amines) is 1. The number of ether oxygens (including phenoxy) is 1. The fourth-order valence-corrected chi connectivity index (χ4v) is 2.03. The zero-order chi connectivity index (χ0) is 13.1. The Bertz CT molecular complexity index is 456. The Kier molecular flexibility index (Phi) is 3.60. The number of Topliss-reactive ketones (excluding diaryl/α,β-unsaturated/α-hetero) is 1. The zero-order valence-corrected chi connectivity index (χ0v) is 10.5. The van der Waals surface area contributed by atoms with Crippen molar-refractivity contribution < 1.29 is 14.3 Å². The van der Waals surface area contributed by atoms with Gasteiger partial charge in [0, 0.05) is 31.4 Å². The zero-order valence-electron chi connectivity index (χ0n) is 10.5. The summed E-state index contributed by atoms with van der Waals surface area (Å²) >= 11 is 0. The summed E-state index contributed by atoms with van der Waals surface area (Å²) in [7, 11) is 1.71. The molecule has 96 valence electrons. The van der Waals surface area contributed by atoms with Crippen LogP contribution in [0.1, 0.15) is 23.7 Å². The van der Waals surface area contributed by atoms with Crippen molar-refractivity contribution in [2.45, 2.75) is 13.3 Å². The number of aromatic nitrogens is 1. The molecule has 0 N–H and O–H groups in total. The first-order valence-electron chi connectivity index (χ1n) is 6.01. The second kappa shape index (κ2) is 5.16. The van der Waals surface area contributed by atoms with E-state index in [9.17, 15) is 9.59 Å². The van der Waals surface area contributed by atoms with E-state index >= 15 is 0 Å². The Balaban J connectivity index is 2.12. The Morgan fingerprint density at radius 2 is 2.33 bits per heavy atom. The Morgan fingerprint density at radius 3 is 2.83 bits per heavy atom. The molecule has 1 aromatic rings. The van der Waals surface area contributed by atoms with Gasteiger partial charge in [-0.25, -0.2) is 4.98 Å². The molecule has 2 heterocycles. The predicted octanol–water partition coefficient (Wildman–Crippen LogP) is 1.14. The van der Waals surface area contributed by atoms with Crippen molar-refractivity contribution in [1.82, 2.24) is 9.88 Å². The predicted molar refractivity (Wildman–Crippen MR) is 65.5 cm³/mol. The number of nitrogens with zero attached hydrogens (tertiary/aromatic N) is 2. The first-order chi connectivity index (χ1) is 8.63. The molecule has 0 radical (unpaired) electrons. The molecule has 1 unspecified atom stereocenters. The molecule has 1 aliphatic heterocycles. The molecule has 1 atom stereocenters. The summed E-state index contributed by atoms with van der Waals surface area (Å²) in [4.78, 5) is 29.5. The van der Waals surface area contributed by atoms with E-state index in [1.54, 1.807) is 24.1 Å². The second-order valence-corrected chi connectivity index (χ2v) is 4.28. The van der Waals surface area contributed by atoms with Gasteiger partial charge in [0.1, 0.15) is 5.92 Å². The molecule has 5 nitrogen and oxygen atoms in total. The van der Waals surface area contributed by atoms with E-state index in [-0.39, 0.29) is 11.7 Å². The third kappa shape index (κ3) is 2.34. The van der Waals surface area contributed by atoms with Crippen LogP contribution in [-0.4, -0.2) is 41.8 Å². The molecule has 5 heteroatoms. The van der Waals surface area contributed by atoms with Gasteiger partial charge in [0.05, 0.1) is 6.61 Å². The van der Waals surface area contributed by atoms with Crippen LogP contribution in [0.2, 0.25) is 0 Å². The summed E-state index contributed by atoms with van der Waals surface area (Å²) < 4.78 is 5.21. The van der Waals surface area contributed by atoms with Gasteiger partial charge in [-0.2, -0.15) is 0 Å². The van der Waals surface area contributed by atoms with Crippen molar-refractivity contribution in [1.29, 1.82) is 0 Å². The quantitative estimate of drug-likeness (QED) is 0.592. The van der Waals surface area contributed by atoms with E-state index in [1.807, 2.05) is 6.92 Å². The number of amides is 1. The highest BCUT2D eigenvalue weighted by Crippen LogP contribution is 2.21. The van der Waals surface area contributed by atoms with Gasteiger partial charge < -0.3 is 9.64 Å². The lowest BCUT2D eigenvalue weighted by Crippen LogP contribution is -2.27. The fourth-order valence-electron chi connectivity index (χ4n) is 2.03. The summed E-state index contributed by atoms with van der Waals surface area (Å²) in [6.45, 7) is 3.04. The van der Waals surface area contributed by atoms with Gasteiger partial charge in [0.25, 0.3) is 0 Å². The summed E-state index contributed by atoms with van der Waals surface area (Å²) in [6, 6.07) is 3.31. The van der Waals surface area contributed by atoms with E-state index in [1.165, 1.54) is 6.20 Å². The lowest BCUT2D eigenvalue weighted by Gasteiger charge is -2.09. The molecular formula is C13H16N2O3. The van der Waals surface area contributed by atoms with Crippen LogP contribution in [0.25, 0.3) is 0 Å². The van der Waals surface area contributed by atoms with Crippen LogP contribution < -0.4 is 4.74 Å². The maximum absolute atomic E-state index is 12.1. The molecule has 0 aromatic carbocycles. The lowest BCUT2D eigenvalue weighted by atomic mass is 9.97. The molecule has 0 aliphatic carbocycles. The highest BCUT2D eigenvalue weighted by atomic mass is 16.5. The smallest absolute Gasteiger partial charge is 0.233 e. The molecule has 1 aliphatic rings. The molecule has 1 fully saturated rings. The van der Waals surface area contributed by atoms with Crippen LogP contribution in [-0.2, 0) is 4.79 Å². The van der Waals surface area contributed by atoms with E-state index in [4.69, 9.17) is 4.74 Å². The van der Waals surface area contributed by atoms with Crippen LogP contribution >= 0.6 is 0 Å². The number of rotatable bonds is 4. The molecule has 0 saturated carbocycles.